The summed E-state index contributed by atoms with van der Waals surface area (Å²) in [6, 6.07) is 11.0. The lowest BCUT2D eigenvalue weighted by Gasteiger charge is -2.24. The molecule has 0 aliphatic carbocycles. The van der Waals surface area contributed by atoms with Crippen molar-refractivity contribution < 1.29 is 17.9 Å². The number of sulfonamides is 1. The zero-order chi connectivity index (χ0) is 20.2. The van der Waals surface area contributed by atoms with Crippen LogP contribution in [0.4, 0.5) is 11.4 Å². The molecule has 0 saturated carbocycles. The van der Waals surface area contributed by atoms with Crippen LogP contribution in [-0.2, 0) is 14.8 Å². The molecule has 7 heteroatoms. The molecule has 0 heterocycles. The SMILES string of the molecule is COc1ccc(C)cc1NC(=O)CCN(c1ccc(C)cc1C)S(C)(=O)=O. The molecular formula is C20H26N2O4S. The average molecular weight is 391 g/mol. The summed E-state index contributed by atoms with van der Waals surface area (Å²) in [5.41, 5.74) is 4.04. The smallest absolute Gasteiger partial charge is 0.232 e. The average Bonchev–Trinajstić information content (AvgIpc) is 2.56. The predicted octanol–water partition coefficient (Wildman–Crippen LogP) is 3.42. The number of benzene rings is 2. The summed E-state index contributed by atoms with van der Waals surface area (Å²) < 4.78 is 31.0. The van der Waals surface area contributed by atoms with Gasteiger partial charge in [0.2, 0.25) is 15.9 Å². The molecule has 6 nitrogen and oxygen atoms in total. The molecule has 0 spiro atoms. The number of aryl methyl sites for hydroxylation is 3. The number of nitrogens with one attached hydrogen (secondary N) is 1. The van der Waals surface area contributed by atoms with Crippen LogP contribution in [0, 0.1) is 20.8 Å². The van der Waals surface area contributed by atoms with Gasteiger partial charge in [0.15, 0.2) is 0 Å². The Balaban J connectivity index is 2.16. The van der Waals surface area contributed by atoms with Crippen molar-refractivity contribution >= 4 is 27.3 Å². The lowest BCUT2D eigenvalue weighted by atomic mass is 10.1. The van der Waals surface area contributed by atoms with E-state index >= 15 is 0 Å². The molecule has 0 atom stereocenters. The minimum absolute atomic E-state index is 0.0253. The molecule has 27 heavy (non-hydrogen) atoms. The minimum Gasteiger partial charge on any atom is -0.495 e. The van der Waals surface area contributed by atoms with Gasteiger partial charge in [0, 0.05) is 13.0 Å². The van der Waals surface area contributed by atoms with Crippen molar-refractivity contribution in [3.8, 4) is 5.75 Å². The van der Waals surface area contributed by atoms with E-state index in [0.29, 0.717) is 17.1 Å². The Morgan fingerprint density at radius 2 is 1.70 bits per heavy atom. The van der Waals surface area contributed by atoms with E-state index in [-0.39, 0.29) is 18.9 Å². The highest BCUT2D eigenvalue weighted by Gasteiger charge is 2.20. The first-order valence-corrected chi connectivity index (χ1v) is 10.5. The molecule has 0 aromatic heterocycles. The van der Waals surface area contributed by atoms with Gasteiger partial charge in [-0.3, -0.25) is 9.10 Å². The second-order valence-electron chi connectivity index (χ2n) is 6.63. The molecule has 0 unspecified atom stereocenters. The predicted molar refractivity (Wildman–Crippen MR) is 109 cm³/mol. The number of carbonyl (C=O) groups excluding carboxylic acids is 1. The first kappa shape index (κ1) is 20.8. The van der Waals surface area contributed by atoms with Gasteiger partial charge in [0.1, 0.15) is 5.75 Å². The van der Waals surface area contributed by atoms with Gasteiger partial charge < -0.3 is 10.1 Å². The fourth-order valence-corrected chi connectivity index (χ4v) is 3.87. The minimum atomic E-state index is -3.51. The summed E-state index contributed by atoms with van der Waals surface area (Å²) in [5.74, 6) is 0.278. The third-order valence-electron chi connectivity index (χ3n) is 4.19. The molecule has 2 rings (SSSR count). The van der Waals surface area contributed by atoms with Gasteiger partial charge in [-0.25, -0.2) is 8.42 Å². The topological polar surface area (TPSA) is 75.7 Å². The number of amides is 1. The lowest BCUT2D eigenvalue weighted by Crippen LogP contribution is -2.33. The van der Waals surface area contributed by atoms with Crippen molar-refractivity contribution in [1.29, 1.82) is 0 Å². The Morgan fingerprint density at radius 1 is 1.07 bits per heavy atom. The third-order valence-corrected chi connectivity index (χ3v) is 5.37. The molecule has 0 aliphatic heterocycles. The number of ether oxygens (including phenoxy) is 1. The highest BCUT2D eigenvalue weighted by atomic mass is 32.2. The van der Waals surface area contributed by atoms with Gasteiger partial charge in [0.25, 0.3) is 0 Å². The summed E-state index contributed by atoms with van der Waals surface area (Å²) in [7, 11) is -1.98. The number of hydrogen-bond acceptors (Lipinski definition) is 4. The van der Waals surface area contributed by atoms with Crippen LogP contribution in [0.3, 0.4) is 0 Å². The Bertz CT molecular complexity index is 939. The summed E-state index contributed by atoms with van der Waals surface area (Å²) in [5, 5.41) is 2.80. The van der Waals surface area contributed by atoms with Crippen LogP contribution in [0.1, 0.15) is 23.1 Å². The van der Waals surface area contributed by atoms with Crippen LogP contribution in [0.2, 0.25) is 0 Å². The lowest BCUT2D eigenvalue weighted by molar-refractivity contribution is -0.116. The van der Waals surface area contributed by atoms with Gasteiger partial charge in [0.05, 0.1) is 24.7 Å². The molecule has 146 valence electrons. The van der Waals surface area contributed by atoms with Crippen molar-refractivity contribution in [1.82, 2.24) is 0 Å². The van der Waals surface area contributed by atoms with E-state index in [2.05, 4.69) is 5.32 Å². The van der Waals surface area contributed by atoms with E-state index in [1.165, 1.54) is 11.4 Å². The second kappa shape index (κ2) is 8.43. The van der Waals surface area contributed by atoms with E-state index in [1.54, 1.807) is 12.1 Å². The molecule has 0 aliphatic rings. The first-order valence-electron chi connectivity index (χ1n) is 8.61. The normalized spacial score (nSPS) is 11.1. The highest BCUT2D eigenvalue weighted by Crippen LogP contribution is 2.26. The van der Waals surface area contributed by atoms with Crippen LogP contribution < -0.4 is 14.4 Å². The van der Waals surface area contributed by atoms with Crippen LogP contribution in [-0.4, -0.2) is 34.2 Å². The molecule has 1 N–H and O–H groups in total. The Morgan fingerprint density at radius 3 is 2.30 bits per heavy atom. The maximum Gasteiger partial charge on any atom is 0.232 e. The number of nitrogens with zero attached hydrogens (tertiary/aromatic N) is 1. The van der Waals surface area contributed by atoms with Gasteiger partial charge in [-0.15, -0.1) is 0 Å². The van der Waals surface area contributed by atoms with Crippen molar-refractivity contribution in [2.45, 2.75) is 27.2 Å². The Hall–Kier alpha value is -2.54. The third kappa shape index (κ3) is 5.47. The summed E-state index contributed by atoms with van der Waals surface area (Å²) in [4.78, 5) is 12.4. The largest absolute Gasteiger partial charge is 0.495 e. The van der Waals surface area contributed by atoms with Crippen LogP contribution in [0.25, 0.3) is 0 Å². The van der Waals surface area contributed by atoms with Crippen molar-refractivity contribution in [3.63, 3.8) is 0 Å². The van der Waals surface area contributed by atoms with Crippen molar-refractivity contribution in [3.05, 3.63) is 53.1 Å². The molecule has 0 saturated heterocycles. The Labute approximate surface area is 161 Å². The van der Waals surface area contributed by atoms with E-state index in [9.17, 15) is 13.2 Å². The molecule has 0 bridgehead atoms. The highest BCUT2D eigenvalue weighted by molar-refractivity contribution is 7.92. The molecule has 0 radical (unpaired) electrons. The van der Waals surface area contributed by atoms with Crippen molar-refractivity contribution in [2.75, 3.05) is 29.5 Å². The number of hydrogen-bond donors (Lipinski definition) is 1. The van der Waals surface area contributed by atoms with E-state index in [1.807, 2.05) is 45.0 Å². The molecule has 2 aromatic rings. The summed E-state index contributed by atoms with van der Waals surface area (Å²) in [6.07, 6.45) is 1.17. The number of carbonyl (C=O) groups is 1. The van der Waals surface area contributed by atoms with E-state index in [0.717, 1.165) is 22.9 Å². The summed E-state index contributed by atoms with van der Waals surface area (Å²) in [6.45, 7) is 5.78. The number of rotatable bonds is 7. The van der Waals surface area contributed by atoms with Crippen LogP contribution >= 0.6 is 0 Å². The van der Waals surface area contributed by atoms with Gasteiger partial charge in [-0.2, -0.15) is 0 Å². The van der Waals surface area contributed by atoms with Crippen LogP contribution in [0.15, 0.2) is 36.4 Å². The monoisotopic (exact) mass is 390 g/mol. The first-order chi connectivity index (χ1) is 12.6. The van der Waals surface area contributed by atoms with Gasteiger partial charge in [-0.1, -0.05) is 23.8 Å². The van der Waals surface area contributed by atoms with Gasteiger partial charge >= 0.3 is 0 Å². The van der Waals surface area contributed by atoms with E-state index < -0.39 is 10.0 Å². The Kier molecular flexibility index (Phi) is 6.49. The van der Waals surface area contributed by atoms with Crippen LogP contribution in [0.5, 0.6) is 5.75 Å². The van der Waals surface area contributed by atoms with Gasteiger partial charge in [-0.05, 0) is 50.1 Å². The zero-order valence-electron chi connectivity index (χ0n) is 16.4. The maximum atomic E-state index is 12.4. The number of methoxy groups -OCH3 is 1. The second-order valence-corrected chi connectivity index (χ2v) is 8.53. The van der Waals surface area contributed by atoms with E-state index in [4.69, 9.17) is 4.74 Å². The fourth-order valence-electron chi connectivity index (χ4n) is 2.89. The molecule has 0 fully saturated rings. The number of anilines is 2. The quantitative estimate of drug-likeness (QED) is 0.786. The maximum absolute atomic E-state index is 12.4. The zero-order valence-corrected chi connectivity index (χ0v) is 17.2. The van der Waals surface area contributed by atoms with Crippen molar-refractivity contribution in [2.24, 2.45) is 0 Å². The standard InChI is InChI=1S/C20H26N2O4S/c1-14-6-8-18(16(3)12-14)22(27(5,24)25)11-10-20(23)21-17-13-15(2)7-9-19(17)26-4/h6-9,12-13H,10-11H2,1-5H3,(H,21,23). The molecular weight excluding hydrogens is 364 g/mol. The fraction of sp³-hybridized carbons (Fsp3) is 0.350. The molecule has 1 amide bonds. The molecule has 2 aromatic carbocycles. The summed E-state index contributed by atoms with van der Waals surface area (Å²) >= 11 is 0.